The molecule has 1 aliphatic carbocycles. The monoisotopic (exact) mass is 238 g/mol. The Morgan fingerprint density at radius 2 is 1.81 bits per heavy atom. The van der Waals surface area contributed by atoms with Gasteiger partial charge >= 0.3 is 0 Å². The SMILES string of the molecule is CC(C)(O)c1cc(Cl)cc(C2CCCC2)c1. The minimum Gasteiger partial charge on any atom is -0.386 e. The predicted octanol–water partition coefficient (Wildman–Crippen LogP) is 4.23. The molecule has 1 N–H and O–H groups in total. The molecule has 0 spiro atoms. The summed E-state index contributed by atoms with van der Waals surface area (Å²) in [5, 5.41) is 10.8. The Kier molecular flexibility index (Phi) is 3.27. The van der Waals surface area contributed by atoms with Crippen LogP contribution in [0.25, 0.3) is 0 Å². The van der Waals surface area contributed by atoms with E-state index in [2.05, 4.69) is 6.07 Å². The maximum Gasteiger partial charge on any atom is 0.0841 e. The zero-order valence-electron chi connectivity index (χ0n) is 9.96. The molecule has 1 aromatic carbocycles. The van der Waals surface area contributed by atoms with Gasteiger partial charge in [-0.1, -0.05) is 30.5 Å². The van der Waals surface area contributed by atoms with Gasteiger partial charge in [-0.3, -0.25) is 0 Å². The highest BCUT2D eigenvalue weighted by Gasteiger charge is 2.21. The molecule has 16 heavy (non-hydrogen) atoms. The summed E-state index contributed by atoms with van der Waals surface area (Å²) in [6.45, 7) is 3.61. The molecule has 88 valence electrons. The van der Waals surface area contributed by atoms with E-state index in [4.69, 9.17) is 11.6 Å². The Balaban J connectivity index is 2.35. The molecule has 0 bridgehead atoms. The van der Waals surface area contributed by atoms with Crippen molar-refractivity contribution in [2.24, 2.45) is 0 Å². The number of hydrogen-bond acceptors (Lipinski definition) is 1. The Morgan fingerprint density at radius 1 is 1.19 bits per heavy atom. The summed E-state index contributed by atoms with van der Waals surface area (Å²) >= 11 is 6.12. The van der Waals surface area contributed by atoms with Crippen molar-refractivity contribution in [1.82, 2.24) is 0 Å². The zero-order valence-corrected chi connectivity index (χ0v) is 10.7. The van der Waals surface area contributed by atoms with E-state index in [-0.39, 0.29) is 0 Å². The van der Waals surface area contributed by atoms with Crippen LogP contribution in [-0.2, 0) is 5.60 Å². The van der Waals surface area contributed by atoms with Gasteiger partial charge in [-0.05, 0) is 55.9 Å². The second-order valence-electron chi connectivity index (χ2n) is 5.31. The highest BCUT2D eigenvalue weighted by atomic mass is 35.5. The Labute approximate surface area is 102 Å². The van der Waals surface area contributed by atoms with Gasteiger partial charge in [0.25, 0.3) is 0 Å². The van der Waals surface area contributed by atoms with Gasteiger partial charge in [0.05, 0.1) is 5.60 Å². The fraction of sp³-hybridized carbons (Fsp3) is 0.571. The van der Waals surface area contributed by atoms with Crippen molar-refractivity contribution in [2.45, 2.75) is 51.0 Å². The third-order valence-corrected chi connectivity index (χ3v) is 3.67. The molecule has 0 atom stereocenters. The summed E-state index contributed by atoms with van der Waals surface area (Å²) in [6, 6.07) is 6.02. The number of rotatable bonds is 2. The lowest BCUT2D eigenvalue weighted by atomic mass is 9.91. The fourth-order valence-electron chi connectivity index (χ4n) is 2.46. The number of halogens is 1. The first-order valence-corrected chi connectivity index (χ1v) is 6.38. The molecule has 2 rings (SSSR count). The number of hydrogen-bond donors (Lipinski definition) is 1. The topological polar surface area (TPSA) is 20.2 Å². The van der Waals surface area contributed by atoms with Crippen LogP contribution < -0.4 is 0 Å². The molecule has 1 fully saturated rings. The lowest BCUT2D eigenvalue weighted by Crippen LogP contribution is -2.16. The van der Waals surface area contributed by atoms with Crippen molar-refractivity contribution >= 4 is 11.6 Å². The summed E-state index contributed by atoms with van der Waals surface area (Å²) in [7, 11) is 0. The molecule has 0 unspecified atom stereocenters. The lowest BCUT2D eigenvalue weighted by Gasteiger charge is -2.20. The molecule has 0 radical (unpaired) electrons. The largest absolute Gasteiger partial charge is 0.386 e. The van der Waals surface area contributed by atoms with Crippen LogP contribution in [0.3, 0.4) is 0 Å². The molecule has 0 aromatic heterocycles. The van der Waals surface area contributed by atoms with E-state index >= 15 is 0 Å². The second kappa shape index (κ2) is 4.38. The quantitative estimate of drug-likeness (QED) is 0.818. The van der Waals surface area contributed by atoms with Gasteiger partial charge in [0, 0.05) is 5.02 Å². The minimum atomic E-state index is -0.807. The van der Waals surface area contributed by atoms with Crippen molar-refractivity contribution in [3.63, 3.8) is 0 Å². The van der Waals surface area contributed by atoms with Crippen molar-refractivity contribution in [3.8, 4) is 0 Å². The van der Waals surface area contributed by atoms with E-state index in [0.29, 0.717) is 5.92 Å². The van der Waals surface area contributed by atoms with Crippen LogP contribution in [0.15, 0.2) is 18.2 Å². The van der Waals surface area contributed by atoms with E-state index < -0.39 is 5.60 Å². The lowest BCUT2D eigenvalue weighted by molar-refractivity contribution is 0.0785. The molecular formula is C14H19ClO. The molecule has 1 nitrogen and oxygen atoms in total. The number of benzene rings is 1. The summed E-state index contributed by atoms with van der Waals surface area (Å²) in [5.74, 6) is 0.639. The van der Waals surface area contributed by atoms with E-state index in [9.17, 15) is 5.11 Å². The van der Waals surface area contributed by atoms with Gasteiger partial charge in [-0.25, -0.2) is 0 Å². The average molecular weight is 239 g/mol. The van der Waals surface area contributed by atoms with Crippen LogP contribution in [0.4, 0.5) is 0 Å². The first-order chi connectivity index (χ1) is 7.47. The Hall–Kier alpha value is -0.530. The first-order valence-electron chi connectivity index (χ1n) is 6.00. The first kappa shape index (κ1) is 11.9. The van der Waals surface area contributed by atoms with Gasteiger partial charge in [0.15, 0.2) is 0 Å². The van der Waals surface area contributed by atoms with Crippen LogP contribution in [0.1, 0.15) is 56.6 Å². The smallest absolute Gasteiger partial charge is 0.0841 e. The maximum atomic E-state index is 10.0. The summed E-state index contributed by atoms with van der Waals surface area (Å²) in [6.07, 6.45) is 5.14. The minimum absolute atomic E-state index is 0.639. The van der Waals surface area contributed by atoms with Gasteiger partial charge in [-0.2, -0.15) is 0 Å². The summed E-state index contributed by atoms with van der Waals surface area (Å²) in [4.78, 5) is 0. The summed E-state index contributed by atoms with van der Waals surface area (Å²) < 4.78 is 0. The van der Waals surface area contributed by atoms with Gasteiger partial charge < -0.3 is 5.11 Å². The highest BCUT2D eigenvalue weighted by molar-refractivity contribution is 6.30. The second-order valence-corrected chi connectivity index (χ2v) is 5.75. The molecule has 0 amide bonds. The summed E-state index contributed by atoms with van der Waals surface area (Å²) in [5.41, 5.74) is 1.40. The van der Waals surface area contributed by atoms with E-state index in [1.807, 2.05) is 12.1 Å². The average Bonchev–Trinajstić information content (AvgIpc) is 2.68. The maximum absolute atomic E-state index is 10.0. The Bertz CT molecular complexity index is 373. The molecule has 1 aromatic rings. The van der Waals surface area contributed by atoms with Crippen LogP contribution in [0.2, 0.25) is 5.02 Å². The molecule has 0 saturated heterocycles. The van der Waals surface area contributed by atoms with Crippen molar-refractivity contribution in [3.05, 3.63) is 34.3 Å². The van der Waals surface area contributed by atoms with Crippen LogP contribution in [0.5, 0.6) is 0 Å². The Morgan fingerprint density at radius 3 is 2.38 bits per heavy atom. The molecular weight excluding hydrogens is 220 g/mol. The van der Waals surface area contributed by atoms with Crippen molar-refractivity contribution in [1.29, 1.82) is 0 Å². The highest BCUT2D eigenvalue weighted by Crippen LogP contribution is 2.37. The van der Waals surface area contributed by atoms with Gasteiger partial charge in [0.1, 0.15) is 0 Å². The van der Waals surface area contributed by atoms with Crippen molar-refractivity contribution < 1.29 is 5.11 Å². The molecule has 2 heteroatoms. The van der Waals surface area contributed by atoms with Crippen molar-refractivity contribution in [2.75, 3.05) is 0 Å². The van der Waals surface area contributed by atoms with Crippen LogP contribution in [-0.4, -0.2) is 5.11 Å². The third-order valence-electron chi connectivity index (χ3n) is 3.45. The molecule has 0 heterocycles. The molecule has 1 saturated carbocycles. The standard InChI is InChI=1S/C14H19ClO/c1-14(2,16)12-7-11(8-13(15)9-12)10-5-3-4-6-10/h7-10,16H,3-6H2,1-2H3. The van der Waals surface area contributed by atoms with E-state index in [0.717, 1.165) is 10.6 Å². The van der Waals surface area contributed by atoms with Crippen LogP contribution in [0, 0.1) is 0 Å². The zero-order chi connectivity index (χ0) is 11.8. The fourth-order valence-corrected chi connectivity index (χ4v) is 2.70. The third kappa shape index (κ3) is 2.58. The molecule has 1 aliphatic rings. The predicted molar refractivity (Wildman–Crippen MR) is 67.9 cm³/mol. The van der Waals surface area contributed by atoms with Gasteiger partial charge in [0.2, 0.25) is 0 Å². The number of aliphatic hydroxyl groups is 1. The molecule has 0 aliphatic heterocycles. The van der Waals surface area contributed by atoms with Gasteiger partial charge in [-0.15, -0.1) is 0 Å². The van der Waals surface area contributed by atoms with E-state index in [1.165, 1.54) is 31.2 Å². The normalized spacial score (nSPS) is 18.0. The van der Waals surface area contributed by atoms with E-state index in [1.54, 1.807) is 13.8 Å². The van der Waals surface area contributed by atoms with Crippen LogP contribution >= 0.6 is 11.6 Å².